The number of rotatable bonds is 7. The fourth-order valence-corrected chi connectivity index (χ4v) is 5.51. The minimum Gasteiger partial charge on any atom is -0.375 e. The number of hydrogen-bond donors (Lipinski definition) is 1. The number of aromatic nitrogens is 6. The van der Waals surface area contributed by atoms with E-state index in [1.54, 1.807) is 29.2 Å². The monoisotopic (exact) mass is 571 g/mol. The lowest BCUT2D eigenvalue weighted by atomic mass is 9.79. The van der Waals surface area contributed by atoms with Crippen LogP contribution in [0.3, 0.4) is 0 Å². The summed E-state index contributed by atoms with van der Waals surface area (Å²) in [6.07, 6.45) is 3.44. The molecular weight excluding hydrogens is 549 g/mol. The van der Waals surface area contributed by atoms with Gasteiger partial charge in [-0.2, -0.15) is 4.52 Å². The molecule has 1 atom stereocenters. The van der Waals surface area contributed by atoms with Gasteiger partial charge >= 0.3 is 0 Å². The second kappa shape index (κ2) is 10.3. The zero-order chi connectivity index (χ0) is 27.9. The van der Waals surface area contributed by atoms with Crippen LogP contribution in [-0.2, 0) is 22.1 Å². The number of imidazole rings is 1. The van der Waals surface area contributed by atoms with Gasteiger partial charge in [0.2, 0.25) is 5.91 Å². The minimum absolute atomic E-state index is 0.125. The van der Waals surface area contributed by atoms with Crippen molar-refractivity contribution in [2.24, 2.45) is 7.05 Å². The van der Waals surface area contributed by atoms with Crippen LogP contribution in [0.15, 0.2) is 85.3 Å². The first kappa shape index (κ1) is 25.9. The van der Waals surface area contributed by atoms with E-state index in [1.165, 1.54) is 7.11 Å². The number of hydrogen-bond acceptors (Lipinski definition) is 6. The zero-order valence-electron chi connectivity index (χ0n) is 21.5. The lowest BCUT2D eigenvalue weighted by Crippen LogP contribution is -2.50. The van der Waals surface area contributed by atoms with Crippen LogP contribution in [0.5, 0.6) is 0 Å². The smallest absolute Gasteiger partial charge is 0.247 e. The quantitative estimate of drug-likeness (QED) is 0.288. The summed E-state index contributed by atoms with van der Waals surface area (Å²) in [4.78, 5) is 17.7. The maximum Gasteiger partial charge on any atom is 0.247 e. The number of halogens is 2. The van der Waals surface area contributed by atoms with Crippen molar-refractivity contribution in [2.45, 2.75) is 5.54 Å². The van der Waals surface area contributed by atoms with Gasteiger partial charge in [-0.1, -0.05) is 53.5 Å². The summed E-state index contributed by atoms with van der Waals surface area (Å²) in [5.74, 6) is -0.301. The van der Waals surface area contributed by atoms with Crippen molar-refractivity contribution in [2.75, 3.05) is 13.7 Å². The second-order valence-corrected chi connectivity index (χ2v) is 10.2. The molecule has 9 nitrogen and oxygen atoms in total. The predicted molar refractivity (Wildman–Crippen MR) is 153 cm³/mol. The third kappa shape index (κ3) is 4.38. The first-order chi connectivity index (χ1) is 19.4. The number of carbonyl (C=O) groups is 1. The summed E-state index contributed by atoms with van der Waals surface area (Å²) in [6.45, 7) is -0.125. The van der Waals surface area contributed by atoms with Gasteiger partial charge in [-0.25, -0.2) is 4.98 Å². The molecular formula is C29H23Cl2N7O2. The van der Waals surface area contributed by atoms with Gasteiger partial charge in [0, 0.05) is 29.6 Å². The Bertz CT molecular complexity index is 1870. The van der Waals surface area contributed by atoms with Crippen molar-refractivity contribution in [1.29, 1.82) is 0 Å². The number of pyridine rings is 1. The SMILES string of the molecule is COCC(=O)NC(c1ccc(Cl)cc1)(c1ccc2c(c1)c(-c1cccc(Cl)c1)cc1nnnn12)c1cncn1C. The number of amides is 1. The van der Waals surface area contributed by atoms with Crippen molar-refractivity contribution < 1.29 is 9.53 Å². The Labute approximate surface area is 239 Å². The molecule has 0 aliphatic carbocycles. The Balaban J connectivity index is 1.71. The Morgan fingerprint density at radius 2 is 1.80 bits per heavy atom. The van der Waals surface area contributed by atoms with Crippen LogP contribution in [0.2, 0.25) is 10.0 Å². The van der Waals surface area contributed by atoms with E-state index in [4.69, 9.17) is 27.9 Å². The maximum atomic E-state index is 13.3. The van der Waals surface area contributed by atoms with Gasteiger partial charge in [0.05, 0.1) is 23.7 Å². The Kier molecular flexibility index (Phi) is 6.71. The number of aryl methyl sites for hydroxylation is 1. The summed E-state index contributed by atoms with van der Waals surface area (Å²) in [7, 11) is 3.37. The summed E-state index contributed by atoms with van der Waals surface area (Å²) in [5, 5.41) is 17.6. The first-order valence-electron chi connectivity index (χ1n) is 12.3. The molecule has 3 aromatic carbocycles. The molecule has 6 aromatic rings. The van der Waals surface area contributed by atoms with E-state index in [0.29, 0.717) is 15.7 Å². The number of ether oxygens (including phenoxy) is 1. The molecule has 0 radical (unpaired) electrons. The van der Waals surface area contributed by atoms with Crippen LogP contribution < -0.4 is 5.32 Å². The lowest BCUT2D eigenvalue weighted by molar-refractivity contribution is -0.126. The molecule has 1 amide bonds. The summed E-state index contributed by atoms with van der Waals surface area (Å²) in [6, 6.07) is 22.9. The number of benzene rings is 3. The molecule has 0 spiro atoms. The van der Waals surface area contributed by atoms with Gasteiger partial charge in [-0.05, 0) is 75.1 Å². The fourth-order valence-electron chi connectivity index (χ4n) is 5.19. The second-order valence-electron chi connectivity index (χ2n) is 9.38. The number of methoxy groups -OCH3 is 1. The van der Waals surface area contributed by atoms with Crippen molar-refractivity contribution in [3.63, 3.8) is 0 Å². The normalized spacial score (nSPS) is 13.0. The molecule has 1 unspecified atom stereocenters. The zero-order valence-corrected chi connectivity index (χ0v) is 23.1. The van der Waals surface area contributed by atoms with Gasteiger partial charge in [-0.3, -0.25) is 4.79 Å². The summed E-state index contributed by atoms with van der Waals surface area (Å²) in [5.41, 5.74) is 4.34. The molecule has 0 fully saturated rings. The van der Waals surface area contributed by atoms with E-state index in [0.717, 1.165) is 38.9 Å². The highest BCUT2D eigenvalue weighted by Gasteiger charge is 2.41. The summed E-state index contributed by atoms with van der Waals surface area (Å²) >= 11 is 12.7. The number of carbonyl (C=O) groups excluding carboxylic acids is 1. The minimum atomic E-state index is -1.15. The van der Waals surface area contributed by atoms with Gasteiger partial charge < -0.3 is 14.6 Å². The molecule has 6 rings (SSSR count). The Hall–Kier alpha value is -4.31. The molecule has 3 heterocycles. The Morgan fingerprint density at radius 3 is 2.52 bits per heavy atom. The standard InChI is InChI=1S/C29H23Cl2N7O2/c1-37-17-32-15-26(37)29(33-28(39)16-40-2,19-6-9-21(30)10-7-19)20-8-11-25-24(13-20)23(14-27-34-35-36-38(25)27)18-4-3-5-22(31)12-18/h3-15,17H,16H2,1-2H3,(H,33,39). The van der Waals surface area contributed by atoms with Crippen LogP contribution in [0, 0.1) is 0 Å². The van der Waals surface area contributed by atoms with E-state index in [1.807, 2.05) is 72.3 Å². The van der Waals surface area contributed by atoms with Crippen molar-refractivity contribution in [3.8, 4) is 11.1 Å². The van der Waals surface area contributed by atoms with Crippen LogP contribution in [-0.4, -0.2) is 49.2 Å². The highest BCUT2D eigenvalue weighted by Crippen LogP contribution is 2.40. The number of nitrogens with zero attached hydrogens (tertiary/aromatic N) is 6. The molecule has 0 aliphatic rings. The van der Waals surface area contributed by atoms with Crippen LogP contribution >= 0.6 is 23.2 Å². The molecule has 0 saturated carbocycles. The van der Waals surface area contributed by atoms with Crippen LogP contribution in [0.25, 0.3) is 27.7 Å². The third-order valence-corrected chi connectivity index (χ3v) is 7.42. The number of tetrazole rings is 1. The van der Waals surface area contributed by atoms with Crippen molar-refractivity contribution in [3.05, 3.63) is 112 Å². The molecule has 0 aliphatic heterocycles. The largest absolute Gasteiger partial charge is 0.375 e. The Morgan fingerprint density at radius 1 is 1.00 bits per heavy atom. The number of nitrogens with one attached hydrogen (secondary N) is 1. The molecule has 3 aromatic heterocycles. The van der Waals surface area contributed by atoms with E-state index in [9.17, 15) is 4.79 Å². The third-order valence-electron chi connectivity index (χ3n) is 6.93. The van der Waals surface area contributed by atoms with E-state index in [-0.39, 0.29) is 12.5 Å². The molecule has 0 saturated heterocycles. The van der Waals surface area contributed by atoms with Crippen molar-refractivity contribution >= 4 is 45.7 Å². The molecule has 11 heteroatoms. The predicted octanol–water partition coefficient (Wildman–Crippen LogP) is 5.04. The van der Waals surface area contributed by atoms with Gasteiger partial charge in [0.25, 0.3) is 0 Å². The van der Waals surface area contributed by atoms with Crippen LogP contribution in [0.1, 0.15) is 16.8 Å². The van der Waals surface area contributed by atoms with E-state index in [2.05, 4.69) is 25.8 Å². The van der Waals surface area contributed by atoms with E-state index >= 15 is 0 Å². The van der Waals surface area contributed by atoms with Gasteiger partial charge in [0.15, 0.2) is 5.65 Å². The highest BCUT2D eigenvalue weighted by molar-refractivity contribution is 6.31. The topological polar surface area (TPSA) is 99.2 Å². The van der Waals surface area contributed by atoms with Crippen molar-refractivity contribution in [1.82, 2.24) is 34.9 Å². The maximum absolute atomic E-state index is 13.3. The number of fused-ring (bicyclic) bond motifs is 3. The fraction of sp³-hybridized carbons (Fsp3) is 0.138. The molecule has 0 bridgehead atoms. The average Bonchev–Trinajstić information content (AvgIpc) is 3.61. The molecule has 40 heavy (non-hydrogen) atoms. The first-order valence-corrected chi connectivity index (χ1v) is 13.1. The lowest BCUT2D eigenvalue weighted by Gasteiger charge is -2.36. The summed E-state index contributed by atoms with van der Waals surface area (Å²) < 4.78 is 8.76. The van der Waals surface area contributed by atoms with Gasteiger partial charge in [0.1, 0.15) is 12.1 Å². The molecule has 1 N–H and O–H groups in total. The van der Waals surface area contributed by atoms with Gasteiger partial charge in [-0.15, -0.1) is 5.10 Å². The average molecular weight is 572 g/mol. The van der Waals surface area contributed by atoms with E-state index < -0.39 is 5.54 Å². The highest BCUT2D eigenvalue weighted by atomic mass is 35.5. The van der Waals surface area contributed by atoms with Crippen LogP contribution in [0.4, 0.5) is 0 Å². The molecule has 200 valence electrons.